The van der Waals surface area contributed by atoms with Crippen LogP contribution >= 0.6 is 0 Å². The number of nitrogens with one attached hydrogen (secondary N) is 2. The maximum absolute atomic E-state index is 12.6. The van der Waals surface area contributed by atoms with Crippen molar-refractivity contribution in [1.82, 2.24) is 10.6 Å². The maximum atomic E-state index is 12.6. The van der Waals surface area contributed by atoms with E-state index in [4.69, 9.17) is 0 Å². The number of carbonyl (C=O) groups excluding carboxylic acids is 1. The molecule has 114 valence electrons. The third-order valence-electron chi connectivity index (χ3n) is 5.05. The molecule has 5 nitrogen and oxygen atoms in total. The molecule has 1 saturated heterocycles. The van der Waals surface area contributed by atoms with Crippen LogP contribution in [0.15, 0.2) is 0 Å². The second-order valence-corrected chi connectivity index (χ2v) is 6.22. The predicted octanol–water partition coefficient (Wildman–Crippen LogP) is 1.53. The molecule has 0 bridgehead atoms. The van der Waals surface area contributed by atoms with Gasteiger partial charge >= 0.3 is 5.97 Å². The van der Waals surface area contributed by atoms with E-state index in [-0.39, 0.29) is 17.4 Å². The van der Waals surface area contributed by atoms with E-state index in [9.17, 15) is 14.7 Å². The number of aliphatic carboxylic acids is 1. The largest absolute Gasteiger partial charge is 0.481 e. The van der Waals surface area contributed by atoms with Crippen LogP contribution in [0.3, 0.4) is 0 Å². The minimum Gasteiger partial charge on any atom is -0.481 e. The summed E-state index contributed by atoms with van der Waals surface area (Å²) in [4.78, 5) is 24.0. The Hall–Kier alpha value is -1.10. The Kier molecular flexibility index (Phi) is 5.02. The Bertz CT molecular complexity index is 364. The fraction of sp³-hybridized carbons (Fsp3) is 0.867. The highest BCUT2D eigenvalue weighted by molar-refractivity contribution is 5.84. The summed E-state index contributed by atoms with van der Waals surface area (Å²) in [5.41, 5.74) is -0.338. The molecule has 0 radical (unpaired) electrons. The van der Waals surface area contributed by atoms with Crippen molar-refractivity contribution in [2.75, 3.05) is 13.1 Å². The van der Waals surface area contributed by atoms with E-state index in [1.165, 1.54) is 0 Å². The number of hydrogen-bond acceptors (Lipinski definition) is 3. The summed E-state index contributed by atoms with van der Waals surface area (Å²) in [5.74, 6) is -1.15. The maximum Gasteiger partial charge on any atom is 0.308 e. The van der Waals surface area contributed by atoms with E-state index in [1.807, 2.05) is 6.92 Å². The molecule has 3 N–H and O–H groups in total. The summed E-state index contributed by atoms with van der Waals surface area (Å²) in [6.07, 6.45) is 6.14. The SMILES string of the molecule is CCC1(C(=O)NC2CCCCCC2C(=O)O)CCNC1. The first kappa shape index (κ1) is 15.3. The van der Waals surface area contributed by atoms with Crippen LogP contribution in [0.2, 0.25) is 0 Å². The lowest BCUT2D eigenvalue weighted by Gasteiger charge is -2.30. The lowest BCUT2D eigenvalue weighted by molar-refractivity contribution is -0.143. The number of carbonyl (C=O) groups is 2. The van der Waals surface area contributed by atoms with Crippen molar-refractivity contribution in [3.63, 3.8) is 0 Å². The standard InChI is InChI=1S/C15H26N2O3/c1-2-15(8-9-16-10-15)14(20)17-12-7-5-3-4-6-11(12)13(18)19/h11-12,16H,2-10H2,1H3,(H,17,20)(H,18,19). The quantitative estimate of drug-likeness (QED) is 0.683. The van der Waals surface area contributed by atoms with E-state index in [1.54, 1.807) is 0 Å². The van der Waals surface area contributed by atoms with Gasteiger partial charge in [-0.2, -0.15) is 0 Å². The molecule has 1 saturated carbocycles. The van der Waals surface area contributed by atoms with Crippen LogP contribution in [-0.2, 0) is 9.59 Å². The molecule has 0 aromatic heterocycles. The highest BCUT2D eigenvalue weighted by Gasteiger charge is 2.41. The van der Waals surface area contributed by atoms with Crippen molar-refractivity contribution in [1.29, 1.82) is 0 Å². The zero-order valence-electron chi connectivity index (χ0n) is 12.3. The molecule has 0 spiro atoms. The minimum absolute atomic E-state index is 0.0446. The molecule has 2 rings (SSSR count). The Labute approximate surface area is 120 Å². The van der Waals surface area contributed by atoms with Crippen molar-refractivity contribution in [3.05, 3.63) is 0 Å². The molecule has 0 aromatic rings. The molecule has 20 heavy (non-hydrogen) atoms. The van der Waals surface area contributed by atoms with Crippen LogP contribution in [0.1, 0.15) is 51.9 Å². The van der Waals surface area contributed by atoms with Crippen molar-refractivity contribution in [2.45, 2.75) is 57.9 Å². The summed E-state index contributed by atoms with van der Waals surface area (Å²) in [6.45, 7) is 3.61. The van der Waals surface area contributed by atoms with Crippen molar-refractivity contribution in [2.24, 2.45) is 11.3 Å². The van der Waals surface area contributed by atoms with Gasteiger partial charge < -0.3 is 15.7 Å². The summed E-state index contributed by atoms with van der Waals surface area (Å²) in [6, 6.07) is -0.202. The summed E-state index contributed by atoms with van der Waals surface area (Å²) >= 11 is 0. The van der Waals surface area contributed by atoms with Gasteiger partial charge in [-0.25, -0.2) is 0 Å². The lowest BCUT2D eigenvalue weighted by Crippen LogP contribution is -2.50. The average molecular weight is 282 g/mol. The number of amides is 1. The minimum atomic E-state index is -0.771. The van der Waals surface area contributed by atoms with Crippen molar-refractivity contribution in [3.8, 4) is 0 Å². The average Bonchev–Trinajstić information content (AvgIpc) is 2.80. The Morgan fingerprint density at radius 1 is 1.30 bits per heavy atom. The monoisotopic (exact) mass is 282 g/mol. The van der Waals surface area contributed by atoms with Gasteiger partial charge in [-0.15, -0.1) is 0 Å². The van der Waals surface area contributed by atoms with Gasteiger partial charge in [0.25, 0.3) is 0 Å². The second-order valence-electron chi connectivity index (χ2n) is 6.22. The van der Waals surface area contributed by atoms with Gasteiger partial charge in [0, 0.05) is 12.6 Å². The number of carboxylic acid groups (broad SMARTS) is 1. The normalized spacial score (nSPS) is 34.5. The zero-order valence-corrected chi connectivity index (χ0v) is 12.3. The summed E-state index contributed by atoms with van der Waals surface area (Å²) in [5, 5.41) is 15.7. The molecular formula is C15H26N2O3. The van der Waals surface area contributed by atoms with Gasteiger partial charge in [-0.05, 0) is 32.2 Å². The van der Waals surface area contributed by atoms with Crippen LogP contribution in [0.4, 0.5) is 0 Å². The number of hydrogen-bond donors (Lipinski definition) is 3. The van der Waals surface area contributed by atoms with E-state index < -0.39 is 11.9 Å². The van der Waals surface area contributed by atoms with Gasteiger partial charge in [0.15, 0.2) is 0 Å². The van der Waals surface area contributed by atoms with Gasteiger partial charge in [0.2, 0.25) is 5.91 Å². The van der Waals surface area contributed by atoms with E-state index in [2.05, 4.69) is 10.6 Å². The summed E-state index contributed by atoms with van der Waals surface area (Å²) < 4.78 is 0. The van der Waals surface area contributed by atoms with Crippen LogP contribution in [-0.4, -0.2) is 36.1 Å². The molecule has 5 heteroatoms. The van der Waals surface area contributed by atoms with E-state index in [0.29, 0.717) is 13.0 Å². The first-order valence-corrected chi connectivity index (χ1v) is 7.83. The molecule has 3 unspecified atom stereocenters. The number of carboxylic acids is 1. The zero-order chi connectivity index (χ0) is 14.6. The number of rotatable bonds is 4. The van der Waals surface area contributed by atoms with Gasteiger partial charge in [-0.3, -0.25) is 9.59 Å². The fourth-order valence-corrected chi connectivity index (χ4v) is 3.50. The van der Waals surface area contributed by atoms with E-state index >= 15 is 0 Å². The second kappa shape index (κ2) is 6.57. The van der Waals surface area contributed by atoms with Gasteiger partial charge in [-0.1, -0.05) is 26.2 Å². The molecular weight excluding hydrogens is 256 g/mol. The molecule has 1 aliphatic heterocycles. The molecule has 0 aromatic carbocycles. The third-order valence-corrected chi connectivity index (χ3v) is 5.05. The fourth-order valence-electron chi connectivity index (χ4n) is 3.50. The molecule has 1 aliphatic carbocycles. The molecule has 1 amide bonds. The van der Waals surface area contributed by atoms with Crippen LogP contribution < -0.4 is 10.6 Å². The smallest absolute Gasteiger partial charge is 0.308 e. The van der Waals surface area contributed by atoms with Crippen LogP contribution in [0.25, 0.3) is 0 Å². The molecule has 3 atom stereocenters. The van der Waals surface area contributed by atoms with Crippen molar-refractivity contribution >= 4 is 11.9 Å². The van der Waals surface area contributed by atoms with Gasteiger partial charge in [0.05, 0.1) is 11.3 Å². The molecule has 2 aliphatic rings. The van der Waals surface area contributed by atoms with E-state index in [0.717, 1.165) is 45.1 Å². The Balaban J connectivity index is 2.05. The Morgan fingerprint density at radius 2 is 2.05 bits per heavy atom. The topological polar surface area (TPSA) is 78.4 Å². The molecule has 1 heterocycles. The highest BCUT2D eigenvalue weighted by atomic mass is 16.4. The molecule has 2 fully saturated rings. The summed E-state index contributed by atoms with van der Waals surface area (Å²) in [7, 11) is 0. The van der Waals surface area contributed by atoms with Crippen molar-refractivity contribution < 1.29 is 14.7 Å². The first-order valence-electron chi connectivity index (χ1n) is 7.83. The third kappa shape index (κ3) is 3.14. The predicted molar refractivity (Wildman–Crippen MR) is 76.4 cm³/mol. The lowest BCUT2D eigenvalue weighted by atomic mass is 9.82. The first-order chi connectivity index (χ1) is 9.59. The van der Waals surface area contributed by atoms with Gasteiger partial charge in [0.1, 0.15) is 0 Å². The van der Waals surface area contributed by atoms with Crippen LogP contribution in [0, 0.1) is 11.3 Å². The van der Waals surface area contributed by atoms with Crippen LogP contribution in [0.5, 0.6) is 0 Å². The highest BCUT2D eigenvalue weighted by Crippen LogP contribution is 2.31. The Morgan fingerprint density at radius 3 is 2.65 bits per heavy atom.